The number of para-hydroxylation sites is 1. The van der Waals surface area contributed by atoms with Gasteiger partial charge in [0.05, 0.1) is 33.3 Å². The fraction of sp³-hybridized carbons (Fsp3) is 0.250. The van der Waals surface area contributed by atoms with Crippen LogP contribution in [0, 0.1) is 0 Å². The lowest BCUT2D eigenvalue weighted by atomic mass is 10.1. The second-order valence-corrected chi connectivity index (χ2v) is 15.6. The summed E-state index contributed by atoms with van der Waals surface area (Å²) < 4.78 is 61.1. The van der Waals surface area contributed by atoms with Crippen LogP contribution in [0.15, 0.2) is 78.9 Å². The molecule has 258 valence electrons. The Balaban J connectivity index is 1.37. The Morgan fingerprint density at radius 3 is 1.46 bits per heavy atom. The fourth-order valence-corrected chi connectivity index (χ4v) is 8.06. The van der Waals surface area contributed by atoms with E-state index in [2.05, 4.69) is 0 Å². The molecule has 1 unspecified atom stereocenters. The first-order valence-corrected chi connectivity index (χ1v) is 19.8. The minimum Gasteiger partial charge on any atom is -0.393 e. The number of benzene rings is 4. The van der Waals surface area contributed by atoms with Gasteiger partial charge in [0, 0.05) is 10.0 Å². The van der Waals surface area contributed by atoms with E-state index in [1.54, 1.807) is 42.5 Å². The summed E-state index contributed by atoms with van der Waals surface area (Å²) in [5.74, 6) is 0.363. The van der Waals surface area contributed by atoms with Gasteiger partial charge in [0.15, 0.2) is 23.0 Å². The van der Waals surface area contributed by atoms with Gasteiger partial charge in [-0.25, -0.2) is 9.13 Å². The van der Waals surface area contributed by atoms with Crippen LogP contribution < -0.4 is 18.1 Å². The van der Waals surface area contributed by atoms with Crippen molar-refractivity contribution < 1.29 is 36.3 Å². The highest BCUT2D eigenvalue weighted by Gasteiger charge is 2.34. The van der Waals surface area contributed by atoms with Gasteiger partial charge < -0.3 is 18.1 Å². The standard InChI is InChI=1S/C32H30Cl6O8P2/c1-2-3-17-41-47(39,43-29-10-5-4-9-25(29)35)44-30-14-11-22(19-26(30)36)8-6-7-18-42-48(40,45-31-15-12-23(33)20-27(31)37)46-32-16-13-24(34)21-28(32)38/h4-5,9-16,19-21H,2-3,6-8,17-18H2,1H3. The zero-order chi connectivity index (χ0) is 34.7. The first-order chi connectivity index (χ1) is 22.9. The Bertz CT molecular complexity index is 1740. The van der Waals surface area contributed by atoms with Crippen LogP contribution >= 0.6 is 85.3 Å². The number of aryl methyl sites for hydroxylation is 1. The molecule has 48 heavy (non-hydrogen) atoms. The molecule has 0 heterocycles. The molecule has 4 aromatic rings. The Morgan fingerprint density at radius 1 is 0.521 bits per heavy atom. The van der Waals surface area contributed by atoms with Gasteiger partial charge in [0.25, 0.3) is 0 Å². The zero-order valence-corrected chi connectivity index (χ0v) is 31.7. The van der Waals surface area contributed by atoms with Crippen molar-refractivity contribution >= 4 is 85.3 Å². The maximum Gasteiger partial charge on any atom is 0.587 e. The SMILES string of the molecule is CCCCOP(=O)(Oc1ccccc1Cl)Oc1ccc(CCCCOP(=O)(Oc2ccc(Cl)cc2Cl)Oc2ccc(Cl)cc2Cl)cc1Cl. The summed E-state index contributed by atoms with van der Waals surface area (Å²) in [5, 5.41) is 1.41. The van der Waals surface area contributed by atoms with Gasteiger partial charge in [0.1, 0.15) is 0 Å². The van der Waals surface area contributed by atoms with Gasteiger partial charge in [0.2, 0.25) is 0 Å². The third-order valence-electron chi connectivity index (χ3n) is 6.32. The molecular formula is C32H30Cl6O8P2. The highest BCUT2D eigenvalue weighted by molar-refractivity contribution is 7.49. The first kappa shape index (κ1) is 39.0. The number of hydrogen-bond acceptors (Lipinski definition) is 8. The van der Waals surface area contributed by atoms with Gasteiger partial charge >= 0.3 is 15.6 Å². The van der Waals surface area contributed by atoms with E-state index in [9.17, 15) is 9.13 Å². The molecule has 0 amide bonds. The smallest absolute Gasteiger partial charge is 0.393 e. The Kier molecular flexibility index (Phi) is 15.0. The van der Waals surface area contributed by atoms with Crippen molar-refractivity contribution in [2.24, 2.45) is 0 Å². The molecule has 0 aliphatic rings. The molecule has 1 atom stereocenters. The zero-order valence-electron chi connectivity index (χ0n) is 25.4. The lowest BCUT2D eigenvalue weighted by Crippen LogP contribution is -2.07. The highest BCUT2D eigenvalue weighted by atomic mass is 35.5. The molecule has 16 heteroatoms. The van der Waals surface area contributed by atoms with Crippen molar-refractivity contribution in [3.05, 3.63) is 115 Å². The van der Waals surface area contributed by atoms with Crippen LogP contribution in [-0.4, -0.2) is 13.2 Å². The van der Waals surface area contributed by atoms with Gasteiger partial charge in [-0.2, -0.15) is 0 Å². The molecule has 0 N–H and O–H groups in total. The summed E-state index contributed by atoms with van der Waals surface area (Å²) >= 11 is 37.1. The predicted octanol–water partition coefficient (Wildman–Crippen LogP) is 13.6. The summed E-state index contributed by atoms with van der Waals surface area (Å²) in [6.07, 6.45) is 3.10. The van der Waals surface area contributed by atoms with Crippen molar-refractivity contribution in [2.75, 3.05) is 13.2 Å². The van der Waals surface area contributed by atoms with Crippen LogP contribution in [0.5, 0.6) is 23.0 Å². The molecular weight excluding hydrogens is 787 g/mol. The van der Waals surface area contributed by atoms with Gasteiger partial charge in [-0.1, -0.05) is 101 Å². The van der Waals surface area contributed by atoms with Crippen molar-refractivity contribution in [3.63, 3.8) is 0 Å². The number of phosphoric acid groups is 2. The first-order valence-electron chi connectivity index (χ1n) is 14.6. The Morgan fingerprint density at radius 2 is 0.979 bits per heavy atom. The van der Waals surface area contributed by atoms with Gasteiger partial charge in [-0.05, 0) is 91.9 Å². The quantitative estimate of drug-likeness (QED) is 0.0724. The predicted molar refractivity (Wildman–Crippen MR) is 193 cm³/mol. The van der Waals surface area contributed by atoms with Crippen LogP contribution in [-0.2, 0) is 24.6 Å². The molecule has 0 saturated carbocycles. The summed E-state index contributed by atoms with van der Waals surface area (Å²) in [4.78, 5) is 0. The third-order valence-corrected chi connectivity index (χ3v) is 10.7. The van der Waals surface area contributed by atoms with Crippen molar-refractivity contribution in [3.8, 4) is 23.0 Å². The van der Waals surface area contributed by atoms with Crippen LogP contribution in [0.1, 0.15) is 38.2 Å². The number of halogens is 6. The molecule has 0 saturated heterocycles. The van der Waals surface area contributed by atoms with Crippen LogP contribution in [0.3, 0.4) is 0 Å². The summed E-state index contributed by atoms with van der Waals surface area (Å²) in [5.41, 5.74) is 0.859. The number of phosphoric ester groups is 2. The van der Waals surface area contributed by atoms with E-state index < -0.39 is 15.6 Å². The Labute approximate surface area is 309 Å². The van der Waals surface area contributed by atoms with Crippen LogP contribution in [0.25, 0.3) is 0 Å². The second-order valence-electron chi connectivity index (χ2n) is 10.1. The van der Waals surface area contributed by atoms with E-state index in [0.717, 1.165) is 12.0 Å². The lowest BCUT2D eigenvalue weighted by molar-refractivity contribution is 0.205. The average molecular weight is 817 g/mol. The van der Waals surface area contributed by atoms with Crippen molar-refractivity contribution in [1.82, 2.24) is 0 Å². The van der Waals surface area contributed by atoms with Gasteiger partial charge in [-0.15, -0.1) is 0 Å². The van der Waals surface area contributed by atoms with E-state index in [1.807, 2.05) is 6.92 Å². The van der Waals surface area contributed by atoms with Crippen LogP contribution in [0.2, 0.25) is 30.1 Å². The summed E-state index contributed by atoms with van der Waals surface area (Å²) in [7, 11) is -8.42. The van der Waals surface area contributed by atoms with Gasteiger partial charge in [-0.3, -0.25) is 9.05 Å². The van der Waals surface area contributed by atoms with E-state index in [1.165, 1.54) is 36.4 Å². The lowest BCUT2D eigenvalue weighted by Gasteiger charge is -2.20. The monoisotopic (exact) mass is 814 g/mol. The minimum atomic E-state index is -4.28. The average Bonchev–Trinajstić information content (AvgIpc) is 3.03. The molecule has 0 radical (unpaired) electrons. The molecule has 0 fully saturated rings. The van der Waals surface area contributed by atoms with E-state index in [0.29, 0.717) is 35.7 Å². The second kappa shape index (κ2) is 18.4. The van der Waals surface area contributed by atoms with E-state index >= 15 is 0 Å². The molecule has 0 aliphatic carbocycles. The highest BCUT2D eigenvalue weighted by Crippen LogP contribution is 2.54. The van der Waals surface area contributed by atoms with E-state index in [-0.39, 0.29) is 56.3 Å². The van der Waals surface area contributed by atoms with Crippen molar-refractivity contribution in [1.29, 1.82) is 0 Å². The minimum absolute atomic E-state index is 0.000285. The third kappa shape index (κ3) is 11.9. The largest absolute Gasteiger partial charge is 0.587 e. The topological polar surface area (TPSA) is 89.5 Å². The summed E-state index contributed by atoms with van der Waals surface area (Å²) in [6.45, 7) is 2.12. The molecule has 8 nitrogen and oxygen atoms in total. The maximum atomic E-state index is 13.7. The molecule has 0 bridgehead atoms. The normalized spacial score (nSPS) is 12.7. The molecule has 0 aromatic heterocycles. The van der Waals surface area contributed by atoms with Crippen molar-refractivity contribution in [2.45, 2.75) is 39.0 Å². The maximum absolute atomic E-state index is 13.7. The number of rotatable bonds is 18. The Hall–Kier alpha value is -1.80. The molecule has 0 aliphatic heterocycles. The van der Waals surface area contributed by atoms with E-state index in [4.69, 9.17) is 96.7 Å². The fourth-order valence-electron chi connectivity index (χ4n) is 3.94. The molecule has 0 spiro atoms. The molecule has 4 rings (SSSR count). The number of hydrogen-bond donors (Lipinski definition) is 0. The van der Waals surface area contributed by atoms with Crippen LogP contribution in [0.4, 0.5) is 0 Å². The number of unbranched alkanes of at least 4 members (excludes halogenated alkanes) is 2. The molecule has 4 aromatic carbocycles. The summed E-state index contributed by atoms with van der Waals surface area (Å²) in [6, 6.07) is 20.4.